The molecule has 0 aliphatic heterocycles. The number of allylic oxidation sites excluding steroid dienone is 1. The van der Waals surface area contributed by atoms with Gasteiger partial charge >= 0.3 is 0 Å². The van der Waals surface area contributed by atoms with Crippen LogP contribution in [0.3, 0.4) is 0 Å². The fourth-order valence-electron chi connectivity index (χ4n) is 2.43. The summed E-state index contributed by atoms with van der Waals surface area (Å²) in [5.74, 6) is -0.153. The lowest BCUT2D eigenvalue weighted by Gasteiger charge is -2.19. The predicted octanol–water partition coefficient (Wildman–Crippen LogP) is 3.67. The van der Waals surface area contributed by atoms with Crippen LogP contribution in [0.2, 0.25) is 0 Å². The number of nitrogens with one attached hydrogen (secondary N) is 2. The molecular weight excluding hydrogens is 328 g/mol. The van der Waals surface area contributed by atoms with Crippen LogP contribution in [0.15, 0.2) is 59.1 Å². The maximum atomic E-state index is 12.1. The fourth-order valence-corrected chi connectivity index (χ4v) is 2.83. The van der Waals surface area contributed by atoms with Gasteiger partial charge in [0, 0.05) is 15.6 Å². The van der Waals surface area contributed by atoms with Crippen molar-refractivity contribution in [3.05, 3.63) is 75.8 Å². The van der Waals surface area contributed by atoms with Crippen LogP contribution in [0.1, 0.15) is 27.9 Å². The van der Waals surface area contributed by atoms with Crippen LogP contribution in [-0.2, 0) is 6.42 Å². The van der Waals surface area contributed by atoms with Crippen molar-refractivity contribution in [1.29, 1.82) is 0 Å². The molecule has 0 spiro atoms. The van der Waals surface area contributed by atoms with Gasteiger partial charge in [0.25, 0.3) is 5.91 Å². The van der Waals surface area contributed by atoms with E-state index in [0.29, 0.717) is 5.56 Å². The Morgan fingerprint density at radius 2 is 1.95 bits per heavy atom. The summed E-state index contributed by atoms with van der Waals surface area (Å²) in [7, 11) is 0. The second kappa shape index (κ2) is 6.14. The largest absolute Gasteiger partial charge is 0.298 e. The summed E-state index contributed by atoms with van der Waals surface area (Å²) in [6.07, 6.45) is 4.14. The number of halogens is 1. The molecule has 0 saturated heterocycles. The molecule has 0 atom stereocenters. The van der Waals surface area contributed by atoms with Crippen molar-refractivity contribution in [3.8, 4) is 0 Å². The van der Waals surface area contributed by atoms with Gasteiger partial charge in [0.1, 0.15) is 0 Å². The molecular formula is C17H15BrN2O. The van der Waals surface area contributed by atoms with E-state index in [9.17, 15) is 4.79 Å². The Balaban J connectivity index is 1.71. The summed E-state index contributed by atoms with van der Waals surface area (Å²) in [5.41, 5.74) is 9.83. The number of hydrazine groups is 1. The molecule has 1 aliphatic rings. The molecule has 1 amide bonds. The zero-order valence-electron chi connectivity index (χ0n) is 11.4. The van der Waals surface area contributed by atoms with Crippen LogP contribution in [0, 0.1) is 0 Å². The van der Waals surface area contributed by atoms with Gasteiger partial charge in [0.05, 0.1) is 5.70 Å². The van der Waals surface area contributed by atoms with Crippen molar-refractivity contribution in [2.75, 3.05) is 0 Å². The molecule has 106 valence electrons. The summed E-state index contributed by atoms with van der Waals surface area (Å²) in [6.45, 7) is 0. The normalized spacial score (nSPS) is 13.1. The standard InChI is InChI=1S/C17H15BrN2O/c18-14-8-3-7-13(11-14)17(21)20-19-16-10-4-6-12-5-1-2-9-15(12)16/h1-3,5,7-11,19H,4,6H2,(H,20,21). The zero-order chi connectivity index (χ0) is 14.7. The van der Waals surface area contributed by atoms with E-state index in [0.717, 1.165) is 28.6 Å². The van der Waals surface area contributed by atoms with Crippen molar-refractivity contribution < 1.29 is 4.79 Å². The quantitative estimate of drug-likeness (QED) is 0.835. The third-order valence-electron chi connectivity index (χ3n) is 3.47. The number of carbonyl (C=O) groups is 1. The van der Waals surface area contributed by atoms with Crippen LogP contribution in [0.5, 0.6) is 0 Å². The first-order valence-corrected chi connectivity index (χ1v) is 7.64. The molecule has 21 heavy (non-hydrogen) atoms. The molecule has 0 saturated carbocycles. The highest BCUT2D eigenvalue weighted by molar-refractivity contribution is 9.10. The first-order valence-electron chi connectivity index (χ1n) is 6.84. The lowest BCUT2D eigenvalue weighted by Crippen LogP contribution is -2.36. The van der Waals surface area contributed by atoms with Crippen LogP contribution in [-0.4, -0.2) is 5.91 Å². The van der Waals surface area contributed by atoms with Gasteiger partial charge in [0.2, 0.25) is 0 Å². The number of hydrogen-bond donors (Lipinski definition) is 2. The Morgan fingerprint density at radius 3 is 2.81 bits per heavy atom. The summed E-state index contributed by atoms with van der Waals surface area (Å²) in [5, 5.41) is 0. The van der Waals surface area contributed by atoms with E-state index in [2.05, 4.69) is 45.0 Å². The molecule has 0 radical (unpaired) electrons. The molecule has 2 aromatic carbocycles. The third-order valence-corrected chi connectivity index (χ3v) is 3.96. The first kappa shape index (κ1) is 13.9. The minimum Gasteiger partial charge on any atom is -0.298 e. The van der Waals surface area contributed by atoms with Gasteiger partial charge in [-0.1, -0.05) is 52.3 Å². The van der Waals surface area contributed by atoms with Gasteiger partial charge in [0.15, 0.2) is 0 Å². The first-order chi connectivity index (χ1) is 10.2. The van der Waals surface area contributed by atoms with Crippen LogP contribution >= 0.6 is 15.9 Å². The van der Waals surface area contributed by atoms with Crippen molar-refractivity contribution in [1.82, 2.24) is 10.9 Å². The topological polar surface area (TPSA) is 41.1 Å². The Kier molecular flexibility index (Phi) is 4.06. The number of hydrogen-bond acceptors (Lipinski definition) is 2. The lowest BCUT2D eigenvalue weighted by molar-refractivity contribution is 0.0942. The SMILES string of the molecule is O=C(NNC1=CCCc2ccccc21)c1cccc(Br)c1. The number of aryl methyl sites for hydroxylation is 1. The summed E-state index contributed by atoms with van der Waals surface area (Å²) >= 11 is 3.37. The van der Waals surface area contributed by atoms with Gasteiger partial charge in [-0.15, -0.1) is 0 Å². The number of fused-ring (bicyclic) bond motifs is 1. The zero-order valence-corrected chi connectivity index (χ0v) is 13.0. The second-order valence-corrected chi connectivity index (χ2v) is 5.82. The smallest absolute Gasteiger partial charge is 0.269 e. The second-order valence-electron chi connectivity index (χ2n) is 4.90. The van der Waals surface area contributed by atoms with Crippen molar-refractivity contribution in [2.45, 2.75) is 12.8 Å². The lowest BCUT2D eigenvalue weighted by atomic mass is 9.95. The van der Waals surface area contributed by atoms with E-state index in [-0.39, 0.29) is 5.91 Å². The van der Waals surface area contributed by atoms with Gasteiger partial charge < -0.3 is 0 Å². The number of benzene rings is 2. The summed E-state index contributed by atoms with van der Waals surface area (Å²) < 4.78 is 0.886. The summed E-state index contributed by atoms with van der Waals surface area (Å²) in [6, 6.07) is 15.6. The van der Waals surface area contributed by atoms with Crippen molar-refractivity contribution >= 4 is 27.5 Å². The Morgan fingerprint density at radius 1 is 1.10 bits per heavy atom. The Bertz CT molecular complexity index is 709. The van der Waals surface area contributed by atoms with Crippen molar-refractivity contribution in [2.24, 2.45) is 0 Å². The molecule has 0 unspecified atom stereocenters. The van der Waals surface area contributed by atoms with Crippen LogP contribution < -0.4 is 10.9 Å². The number of carbonyl (C=O) groups excluding carboxylic acids is 1. The van der Waals surface area contributed by atoms with E-state index in [1.807, 2.05) is 24.3 Å². The van der Waals surface area contributed by atoms with E-state index in [4.69, 9.17) is 0 Å². The van der Waals surface area contributed by atoms with E-state index in [1.165, 1.54) is 5.56 Å². The minimum atomic E-state index is -0.153. The molecule has 3 rings (SSSR count). The Hall–Kier alpha value is -2.07. The van der Waals surface area contributed by atoms with Crippen LogP contribution in [0.25, 0.3) is 5.70 Å². The Labute approximate surface area is 132 Å². The maximum Gasteiger partial charge on any atom is 0.269 e. The van der Waals surface area contributed by atoms with Crippen LogP contribution in [0.4, 0.5) is 0 Å². The molecule has 0 fully saturated rings. The molecule has 0 aromatic heterocycles. The van der Waals surface area contributed by atoms with Gasteiger partial charge in [-0.25, -0.2) is 0 Å². The van der Waals surface area contributed by atoms with E-state index >= 15 is 0 Å². The van der Waals surface area contributed by atoms with Crippen molar-refractivity contribution in [3.63, 3.8) is 0 Å². The van der Waals surface area contributed by atoms with E-state index < -0.39 is 0 Å². The maximum absolute atomic E-state index is 12.1. The molecule has 1 aliphatic carbocycles. The number of amides is 1. The molecule has 0 heterocycles. The monoisotopic (exact) mass is 342 g/mol. The average Bonchev–Trinajstić information content (AvgIpc) is 2.52. The molecule has 3 nitrogen and oxygen atoms in total. The molecule has 0 bridgehead atoms. The molecule has 2 N–H and O–H groups in total. The molecule has 4 heteroatoms. The highest BCUT2D eigenvalue weighted by Crippen LogP contribution is 2.23. The fraction of sp³-hybridized carbons (Fsp3) is 0.118. The van der Waals surface area contributed by atoms with Gasteiger partial charge in [-0.3, -0.25) is 15.6 Å². The molecule has 2 aromatic rings. The van der Waals surface area contributed by atoms with E-state index in [1.54, 1.807) is 12.1 Å². The van der Waals surface area contributed by atoms with Gasteiger partial charge in [-0.2, -0.15) is 0 Å². The highest BCUT2D eigenvalue weighted by Gasteiger charge is 2.12. The minimum absolute atomic E-state index is 0.153. The summed E-state index contributed by atoms with van der Waals surface area (Å²) in [4.78, 5) is 12.1. The van der Waals surface area contributed by atoms with Gasteiger partial charge in [-0.05, 0) is 36.6 Å². The highest BCUT2D eigenvalue weighted by atomic mass is 79.9. The third kappa shape index (κ3) is 3.16. The predicted molar refractivity (Wildman–Crippen MR) is 87.5 cm³/mol. The number of rotatable bonds is 3. The average molecular weight is 343 g/mol.